The van der Waals surface area contributed by atoms with Gasteiger partial charge in [-0.25, -0.2) is 0 Å². The van der Waals surface area contributed by atoms with Crippen LogP contribution in [0.15, 0.2) is 29.4 Å². The fourth-order valence-corrected chi connectivity index (χ4v) is 4.18. The molecule has 0 amide bonds. The minimum Gasteiger partial charge on any atom is -0.386 e. The van der Waals surface area contributed by atoms with Crippen LogP contribution in [0.1, 0.15) is 19.3 Å². The Morgan fingerprint density at radius 1 is 1.27 bits per heavy atom. The molecule has 0 radical (unpaired) electrons. The maximum Gasteiger partial charge on any atom is 0.161 e. The molecule has 3 saturated heterocycles. The summed E-state index contributed by atoms with van der Waals surface area (Å²) in [5.74, 6) is 2.36. The topological polar surface area (TPSA) is 65.5 Å². The van der Waals surface area contributed by atoms with Crippen LogP contribution in [0, 0.1) is 5.92 Å². The van der Waals surface area contributed by atoms with Gasteiger partial charge in [-0.15, -0.1) is 0 Å². The molecule has 3 fully saturated rings. The zero-order chi connectivity index (χ0) is 14.6. The molecular weight excluding hydrogens is 278 g/mol. The third-order valence-electron chi connectivity index (χ3n) is 5.36. The van der Waals surface area contributed by atoms with Crippen molar-refractivity contribution in [2.75, 3.05) is 25.0 Å². The number of benzene rings is 1. The Hall–Kier alpha value is -2.08. The molecule has 114 valence electrons. The second-order valence-corrected chi connectivity index (χ2v) is 6.66. The first-order chi connectivity index (χ1) is 10.8. The van der Waals surface area contributed by atoms with Gasteiger partial charge in [-0.3, -0.25) is 10.00 Å². The molecule has 22 heavy (non-hydrogen) atoms. The molecule has 5 heterocycles. The fraction of sp³-hybridized carbons (Fsp3) is 0.500. The number of rotatable bonds is 1. The highest BCUT2D eigenvalue weighted by molar-refractivity contribution is 6.02. The number of fused-ring (bicyclic) bond motifs is 3. The van der Waals surface area contributed by atoms with Crippen molar-refractivity contribution in [3.8, 4) is 0 Å². The third-order valence-corrected chi connectivity index (χ3v) is 5.36. The van der Waals surface area contributed by atoms with E-state index in [1.54, 1.807) is 0 Å². The van der Waals surface area contributed by atoms with Crippen molar-refractivity contribution in [3.63, 3.8) is 0 Å². The third kappa shape index (κ3) is 1.76. The van der Waals surface area contributed by atoms with Crippen LogP contribution in [0.25, 0.3) is 10.9 Å². The lowest BCUT2D eigenvalue weighted by Gasteiger charge is -2.49. The number of aromatic nitrogens is 2. The maximum atomic E-state index is 5.93. The SMILES string of the molecule is c1ccc2c(NC3=NOC4(C3)CN3CCC4CC3)n[nH]c2c1. The Balaban J connectivity index is 1.37. The number of amidine groups is 1. The van der Waals surface area contributed by atoms with Gasteiger partial charge < -0.3 is 10.2 Å². The fourth-order valence-electron chi connectivity index (χ4n) is 4.18. The number of piperidine rings is 3. The van der Waals surface area contributed by atoms with Crippen LogP contribution in [0.5, 0.6) is 0 Å². The predicted octanol–water partition coefficient (Wildman–Crippen LogP) is 2.17. The van der Waals surface area contributed by atoms with Crippen LogP contribution in [0.3, 0.4) is 0 Å². The molecule has 1 atom stereocenters. The summed E-state index contributed by atoms with van der Waals surface area (Å²) in [6.07, 6.45) is 3.32. The average Bonchev–Trinajstić information content (AvgIpc) is 3.14. The Labute approximate surface area is 128 Å². The summed E-state index contributed by atoms with van der Waals surface area (Å²) < 4.78 is 0. The quantitative estimate of drug-likeness (QED) is 0.846. The number of nitrogens with one attached hydrogen (secondary N) is 2. The van der Waals surface area contributed by atoms with E-state index < -0.39 is 0 Å². The van der Waals surface area contributed by atoms with Crippen LogP contribution in [-0.4, -0.2) is 46.2 Å². The van der Waals surface area contributed by atoms with Gasteiger partial charge >= 0.3 is 0 Å². The number of anilines is 1. The molecule has 4 aliphatic rings. The maximum absolute atomic E-state index is 5.93. The van der Waals surface area contributed by atoms with E-state index in [9.17, 15) is 0 Å². The van der Waals surface area contributed by atoms with Crippen molar-refractivity contribution in [1.29, 1.82) is 0 Å². The molecule has 4 aliphatic heterocycles. The number of oxime groups is 1. The van der Waals surface area contributed by atoms with Crippen molar-refractivity contribution in [3.05, 3.63) is 24.3 Å². The van der Waals surface area contributed by atoms with Crippen molar-refractivity contribution < 1.29 is 4.84 Å². The van der Waals surface area contributed by atoms with E-state index in [4.69, 9.17) is 4.84 Å². The molecule has 6 heteroatoms. The first-order valence-electron chi connectivity index (χ1n) is 8.00. The van der Waals surface area contributed by atoms with Gasteiger partial charge in [0.15, 0.2) is 17.3 Å². The minimum absolute atomic E-state index is 0.106. The van der Waals surface area contributed by atoms with Crippen LogP contribution in [0.2, 0.25) is 0 Å². The van der Waals surface area contributed by atoms with Gasteiger partial charge in [0.1, 0.15) is 0 Å². The normalized spacial score (nSPS) is 33.2. The van der Waals surface area contributed by atoms with Crippen LogP contribution < -0.4 is 5.32 Å². The summed E-state index contributed by atoms with van der Waals surface area (Å²) in [7, 11) is 0. The highest BCUT2D eigenvalue weighted by Gasteiger charge is 2.52. The van der Waals surface area contributed by atoms with Gasteiger partial charge in [0.05, 0.1) is 11.9 Å². The molecule has 1 aromatic carbocycles. The number of H-pyrrole nitrogens is 1. The molecule has 2 bridgehead atoms. The molecule has 6 rings (SSSR count). The molecule has 1 aromatic heterocycles. The zero-order valence-corrected chi connectivity index (χ0v) is 12.4. The van der Waals surface area contributed by atoms with Crippen molar-refractivity contribution in [1.82, 2.24) is 15.1 Å². The highest BCUT2D eigenvalue weighted by atomic mass is 16.7. The summed E-state index contributed by atoms with van der Waals surface area (Å²) in [6, 6.07) is 8.10. The Morgan fingerprint density at radius 2 is 2.14 bits per heavy atom. The molecule has 1 spiro atoms. The van der Waals surface area contributed by atoms with Gasteiger partial charge in [0.25, 0.3) is 0 Å². The van der Waals surface area contributed by atoms with Crippen LogP contribution in [0.4, 0.5) is 5.82 Å². The number of para-hydroxylation sites is 1. The predicted molar refractivity (Wildman–Crippen MR) is 84.7 cm³/mol. The van der Waals surface area contributed by atoms with Gasteiger partial charge in [0, 0.05) is 17.8 Å². The van der Waals surface area contributed by atoms with Crippen molar-refractivity contribution in [2.45, 2.75) is 24.9 Å². The molecule has 2 aromatic rings. The molecule has 0 saturated carbocycles. The molecule has 6 nitrogen and oxygen atoms in total. The summed E-state index contributed by atoms with van der Waals surface area (Å²) in [5.41, 5.74) is 0.923. The lowest BCUT2D eigenvalue weighted by Crippen LogP contribution is -2.59. The standard InChI is InChI=1S/C16H19N5O/c1-2-4-13-12(3-1)15(19-18-13)17-14-9-16(22-20-14)10-21-7-5-11(16)6-8-21/h1-4,11H,5-10H2,(H2,17,18,19,20). The van der Waals surface area contributed by atoms with Crippen molar-refractivity contribution >= 4 is 22.6 Å². The van der Waals surface area contributed by atoms with Gasteiger partial charge in [-0.1, -0.05) is 17.3 Å². The van der Waals surface area contributed by atoms with E-state index in [0.717, 1.165) is 35.5 Å². The van der Waals surface area contributed by atoms with Crippen LogP contribution in [-0.2, 0) is 4.84 Å². The van der Waals surface area contributed by atoms with Crippen molar-refractivity contribution in [2.24, 2.45) is 11.1 Å². The first kappa shape index (κ1) is 12.5. The van der Waals surface area contributed by atoms with E-state index in [1.165, 1.54) is 25.9 Å². The lowest BCUT2D eigenvalue weighted by molar-refractivity contribution is -0.136. The number of hydrogen-bond acceptors (Lipinski definition) is 5. The second-order valence-electron chi connectivity index (χ2n) is 6.66. The van der Waals surface area contributed by atoms with E-state index in [2.05, 4.69) is 31.6 Å². The zero-order valence-electron chi connectivity index (χ0n) is 12.4. The Kier molecular flexibility index (Phi) is 2.52. The summed E-state index contributed by atoms with van der Waals surface area (Å²) in [6.45, 7) is 3.43. The van der Waals surface area contributed by atoms with E-state index in [0.29, 0.717) is 5.92 Å². The Morgan fingerprint density at radius 3 is 2.95 bits per heavy atom. The lowest BCUT2D eigenvalue weighted by atomic mass is 9.73. The smallest absolute Gasteiger partial charge is 0.161 e. The molecular formula is C16H19N5O. The second kappa shape index (κ2) is 4.46. The van der Waals surface area contributed by atoms with E-state index in [1.807, 2.05) is 18.2 Å². The van der Waals surface area contributed by atoms with Gasteiger partial charge in [-0.2, -0.15) is 5.10 Å². The largest absolute Gasteiger partial charge is 0.386 e. The summed E-state index contributed by atoms with van der Waals surface area (Å²) >= 11 is 0. The highest BCUT2D eigenvalue weighted by Crippen LogP contribution is 2.43. The minimum atomic E-state index is -0.106. The van der Waals surface area contributed by atoms with E-state index in [-0.39, 0.29) is 5.60 Å². The number of aromatic amines is 1. The van der Waals surface area contributed by atoms with E-state index >= 15 is 0 Å². The Bertz CT molecular complexity index is 746. The average molecular weight is 297 g/mol. The van der Waals surface area contributed by atoms with Crippen LogP contribution >= 0.6 is 0 Å². The van der Waals surface area contributed by atoms with Gasteiger partial charge in [0.2, 0.25) is 0 Å². The number of hydrogen-bond donors (Lipinski definition) is 2. The molecule has 0 aliphatic carbocycles. The van der Waals surface area contributed by atoms with Gasteiger partial charge in [-0.05, 0) is 38.1 Å². The summed E-state index contributed by atoms with van der Waals surface area (Å²) in [5, 5.41) is 16.2. The molecule has 2 N–H and O–H groups in total. The number of nitrogens with zero attached hydrogens (tertiary/aromatic N) is 3. The first-order valence-corrected chi connectivity index (χ1v) is 8.00. The monoisotopic (exact) mass is 297 g/mol. The molecule has 1 unspecified atom stereocenters. The summed E-state index contributed by atoms with van der Waals surface area (Å²) in [4.78, 5) is 8.44.